The highest BCUT2D eigenvalue weighted by atomic mass is 15.2. The molecule has 0 unspecified atom stereocenters. The molecule has 0 spiro atoms. The molecule has 0 saturated carbocycles. The SMILES string of the molecule is Cn1cnnc1CCNCc1ccnc(C#N)c1. The molecule has 92 valence electrons. The number of nitrogens with one attached hydrogen (secondary N) is 1. The molecule has 0 fully saturated rings. The van der Waals surface area contributed by atoms with E-state index in [1.165, 1.54) is 0 Å². The summed E-state index contributed by atoms with van der Waals surface area (Å²) in [7, 11) is 1.93. The minimum absolute atomic E-state index is 0.447. The highest BCUT2D eigenvalue weighted by molar-refractivity contribution is 5.25. The van der Waals surface area contributed by atoms with Crippen molar-refractivity contribution in [1.82, 2.24) is 25.1 Å². The number of pyridine rings is 1. The van der Waals surface area contributed by atoms with Gasteiger partial charge in [-0.25, -0.2) is 4.98 Å². The maximum absolute atomic E-state index is 8.74. The van der Waals surface area contributed by atoms with Crippen LogP contribution in [-0.4, -0.2) is 26.3 Å². The number of nitriles is 1. The highest BCUT2D eigenvalue weighted by Gasteiger charge is 2.00. The van der Waals surface area contributed by atoms with Gasteiger partial charge >= 0.3 is 0 Å². The summed E-state index contributed by atoms with van der Waals surface area (Å²) in [5.41, 5.74) is 1.50. The first-order valence-electron chi connectivity index (χ1n) is 5.68. The van der Waals surface area contributed by atoms with Crippen LogP contribution in [0.15, 0.2) is 24.7 Å². The van der Waals surface area contributed by atoms with Crippen LogP contribution in [0.4, 0.5) is 0 Å². The van der Waals surface area contributed by atoms with Crippen molar-refractivity contribution in [2.75, 3.05) is 6.54 Å². The van der Waals surface area contributed by atoms with E-state index in [0.717, 1.165) is 30.9 Å². The molecule has 18 heavy (non-hydrogen) atoms. The molecule has 0 aliphatic carbocycles. The number of aryl methyl sites for hydroxylation is 1. The number of nitrogens with zero attached hydrogens (tertiary/aromatic N) is 5. The van der Waals surface area contributed by atoms with Crippen LogP contribution in [0.1, 0.15) is 17.1 Å². The van der Waals surface area contributed by atoms with Gasteiger partial charge < -0.3 is 9.88 Å². The zero-order valence-electron chi connectivity index (χ0n) is 10.2. The van der Waals surface area contributed by atoms with Crippen LogP contribution in [-0.2, 0) is 20.0 Å². The summed E-state index contributed by atoms with van der Waals surface area (Å²) in [4.78, 5) is 3.93. The molecule has 0 atom stereocenters. The van der Waals surface area contributed by atoms with Crippen molar-refractivity contribution in [3.8, 4) is 6.07 Å². The molecule has 0 aromatic carbocycles. The highest BCUT2D eigenvalue weighted by Crippen LogP contribution is 2.00. The van der Waals surface area contributed by atoms with Crippen molar-refractivity contribution in [3.63, 3.8) is 0 Å². The number of hydrogen-bond donors (Lipinski definition) is 1. The van der Waals surface area contributed by atoms with Gasteiger partial charge in [0.25, 0.3) is 0 Å². The van der Waals surface area contributed by atoms with E-state index in [9.17, 15) is 0 Å². The van der Waals surface area contributed by atoms with Crippen molar-refractivity contribution in [2.45, 2.75) is 13.0 Å². The van der Waals surface area contributed by atoms with E-state index in [-0.39, 0.29) is 0 Å². The quantitative estimate of drug-likeness (QED) is 0.768. The van der Waals surface area contributed by atoms with E-state index in [1.807, 2.05) is 23.8 Å². The Kier molecular flexibility index (Phi) is 3.99. The van der Waals surface area contributed by atoms with Crippen molar-refractivity contribution in [3.05, 3.63) is 41.7 Å². The van der Waals surface area contributed by atoms with Crippen LogP contribution in [0.2, 0.25) is 0 Å². The maximum Gasteiger partial charge on any atom is 0.140 e. The largest absolute Gasteiger partial charge is 0.321 e. The average molecular weight is 242 g/mol. The molecule has 2 rings (SSSR count). The van der Waals surface area contributed by atoms with Crippen LogP contribution in [0.25, 0.3) is 0 Å². The third kappa shape index (κ3) is 3.12. The fraction of sp³-hybridized carbons (Fsp3) is 0.333. The molecule has 0 aliphatic rings. The topological polar surface area (TPSA) is 79.4 Å². The molecular formula is C12H14N6. The summed E-state index contributed by atoms with van der Waals surface area (Å²) in [6.07, 6.45) is 4.17. The standard InChI is InChI=1S/C12H14N6/c1-18-9-16-17-12(18)3-4-14-8-10-2-5-15-11(6-10)7-13/h2,5-6,9,14H,3-4,8H2,1H3. The van der Waals surface area contributed by atoms with Crippen molar-refractivity contribution in [1.29, 1.82) is 5.26 Å². The van der Waals surface area contributed by atoms with E-state index >= 15 is 0 Å². The summed E-state index contributed by atoms with van der Waals surface area (Å²) in [6.45, 7) is 1.53. The second kappa shape index (κ2) is 5.89. The Morgan fingerprint density at radius 2 is 2.39 bits per heavy atom. The van der Waals surface area contributed by atoms with Gasteiger partial charge in [-0.05, 0) is 17.7 Å². The van der Waals surface area contributed by atoms with Crippen molar-refractivity contribution >= 4 is 0 Å². The lowest BCUT2D eigenvalue weighted by Crippen LogP contribution is -2.18. The predicted octanol–water partition coefficient (Wildman–Crippen LogP) is 0.414. The minimum atomic E-state index is 0.447. The van der Waals surface area contributed by atoms with Crippen molar-refractivity contribution < 1.29 is 0 Å². The Hall–Kier alpha value is -2.26. The fourth-order valence-corrected chi connectivity index (χ4v) is 1.61. The van der Waals surface area contributed by atoms with Gasteiger partial charge in [-0.1, -0.05) is 0 Å². The lowest BCUT2D eigenvalue weighted by molar-refractivity contribution is 0.653. The molecular weight excluding hydrogens is 228 g/mol. The lowest BCUT2D eigenvalue weighted by atomic mass is 10.2. The Morgan fingerprint density at radius 3 is 3.11 bits per heavy atom. The zero-order valence-corrected chi connectivity index (χ0v) is 10.2. The van der Waals surface area contributed by atoms with Gasteiger partial charge in [0, 0.05) is 32.8 Å². The van der Waals surface area contributed by atoms with Gasteiger partial charge in [-0.3, -0.25) is 0 Å². The predicted molar refractivity (Wildman–Crippen MR) is 65.4 cm³/mol. The molecule has 0 aliphatic heterocycles. The molecule has 1 N–H and O–H groups in total. The van der Waals surface area contributed by atoms with Gasteiger partial charge in [0.15, 0.2) is 0 Å². The Balaban J connectivity index is 1.79. The molecule has 2 aromatic rings. The normalized spacial score (nSPS) is 10.2. The third-order valence-electron chi connectivity index (χ3n) is 2.60. The van der Waals surface area contributed by atoms with Crippen LogP contribution in [0, 0.1) is 11.3 Å². The molecule has 0 bridgehead atoms. The first-order chi connectivity index (χ1) is 8.79. The maximum atomic E-state index is 8.74. The zero-order chi connectivity index (χ0) is 12.8. The molecule has 0 amide bonds. The van der Waals surface area contributed by atoms with Gasteiger partial charge in [0.2, 0.25) is 0 Å². The number of rotatable bonds is 5. The summed E-state index contributed by atoms with van der Waals surface area (Å²) in [5, 5.41) is 19.9. The molecule has 0 saturated heterocycles. The van der Waals surface area contributed by atoms with Gasteiger partial charge in [-0.15, -0.1) is 10.2 Å². The molecule has 6 heteroatoms. The average Bonchev–Trinajstić information content (AvgIpc) is 2.81. The van der Waals surface area contributed by atoms with E-state index in [2.05, 4.69) is 20.5 Å². The van der Waals surface area contributed by atoms with Gasteiger partial charge in [0.1, 0.15) is 23.9 Å². The molecule has 6 nitrogen and oxygen atoms in total. The summed E-state index contributed by atoms with van der Waals surface area (Å²) in [5.74, 6) is 0.954. The Morgan fingerprint density at radius 1 is 1.50 bits per heavy atom. The summed E-state index contributed by atoms with van der Waals surface area (Å²) in [6, 6.07) is 5.71. The van der Waals surface area contributed by atoms with Crippen LogP contribution in [0.5, 0.6) is 0 Å². The molecule has 2 aromatic heterocycles. The van der Waals surface area contributed by atoms with Crippen LogP contribution < -0.4 is 5.32 Å². The fourth-order valence-electron chi connectivity index (χ4n) is 1.61. The Bertz CT molecular complexity index is 554. The number of hydrogen-bond acceptors (Lipinski definition) is 5. The van der Waals surface area contributed by atoms with E-state index in [4.69, 9.17) is 5.26 Å². The van der Waals surface area contributed by atoms with Gasteiger partial charge in [-0.2, -0.15) is 5.26 Å². The van der Waals surface area contributed by atoms with Crippen LogP contribution in [0.3, 0.4) is 0 Å². The monoisotopic (exact) mass is 242 g/mol. The van der Waals surface area contributed by atoms with E-state index in [1.54, 1.807) is 18.6 Å². The second-order valence-electron chi connectivity index (χ2n) is 3.95. The first kappa shape index (κ1) is 12.2. The van der Waals surface area contributed by atoms with E-state index in [0.29, 0.717) is 5.69 Å². The molecule has 0 radical (unpaired) electrons. The number of aromatic nitrogens is 4. The molecule has 2 heterocycles. The minimum Gasteiger partial charge on any atom is -0.321 e. The third-order valence-corrected chi connectivity index (χ3v) is 2.60. The lowest BCUT2D eigenvalue weighted by Gasteiger charge is -2.04. The van der Waals surface area contributed by atoms with Crippen LogP contribution >= 0.6 is 0 Å². The summed E-state index contributed by atoms with van der Waals surface area (Å²) < 4.78 is 1.90. The summed E-state index contributed by atoms with van der Waals surface area (Å²) >= 11 is 0. The first-order valence-corrected chi connectivity index (χ1v) is 5.68. The smallest absolute Gasteiger partial charge is 0.140 e. The van der Waals surface area contributed by atoms with E-state index < -0.39 is 0 Å². The van der Waals surface area contributed by atoms with Gasteiger partial charge in [0.05, 0.1) is 0 Å². The van der Waals surface area contributed by atoms with Crippen molar-refractivity contribution in [2.24, 2.45) is 7.05 Å². The second-order valence-corrected chi connectivity index (χ2v) is 3.95. The Labute approximate surface area is 105 Å².